The van der Waals surface area contributed by atoms with Gasteiger partial charge in [0.05, 0.1) is 6.42 Å². The molecular formula is C10H12N4O2. The molecule has 6 heteroatoms. The molecule has 0 aliphatic carbocycles. The Bertz CT molecular complexity index is 544. The van der Waals surface area contributed by atoms with Crippen molar-refractivity contribution in [3.05, 3.63) is 21.6 Å². The number of hydrogen-bond acceptors (Lipinski definition) is 4. The zero-order valence-electron chi connectivity index (χ0n) is 9.37. The molecule has 16 heavy (non-hydrogen) atoms. The van der Waals surface area contributed by atoms with Crippen LogP contribution in [0.15, 0.2) is 9.90 Å². The first-order valence-corrected chi connectivity index (χ1v) is 4.93. The van der Waals surface area contributed by atoms with Gasteiger partial charge in [0.1, 0.15) is 0 Å². The Morgan fingerprint density at radius 3 is 2.44 bits per heavy atom. The summed E-state index contributed by atoms with van der Waals surface area (Å²) in [5.41, 5.74) is 1.63. The summed E-state index contributed by atoms with van der Waals surface area (Å²) in [4.78, 5) is 29.7. The summed E-state index contributed by atoms with van der Waals surface area (Å²) in [7, 11) is 0. The summed E-state index contributed by atoms with van der Waals surface area (Å²) >= 11 is 0. The number of nitrogens with zero attached hydrogens (tertiary/aromatic N) is 3. The predicted molar refractivity (Wildman–Crippen MR) is 59.5 cm³/mol. The number of H-pyrrole nitrogens is 1. The molecule has 1 N–H and O–H groups in total. The Morgan fingerprint density at radius 1 is 1.25 bits per heavy atom. The lowest BCUT2D eigenvalue weighted by Gasteiger charge is -2.10. The zero-order valence-corrected chi connectivity index (χ0v) is 9.37. The standard InChI is InChI=1S/C10H12N4O2/c1-5-4-8(15)14(13-5)10-11-7(3)6(2)9(16)12-10/h4H2,1-3H3,(H,11,12,16). The van der Waals surface area contributed by atoms with Gasteiger partial charge >= 0.3 is 0 Å². The average molecular weight is 220 g/mol. The van der Waals surface area contributed by atoms with E-state index in [1.807, 2.05) is 0 Å². The molecular weight excluding hydrogens is 208 g/mol. The molecule has 0 bridgehead atoms. The fourth-order valence-electron chi connectivity index (χ4n) is 1.45. The van der Waals surface area contributed by atoms with Gasteiger partial charge in [-0.3, -0.25) is 14.6 Å². The Labute approximate surface area is 92.0 Å². The first-order chi connectivity index (χ1) is 7.49. The van der Waals surface area contributed by atoms with Crippen molar-refractivity contribution in [3.8, 4) is 0 Å². The van der Waals surface area contributed by atoms with Gasteiger partial charge in [0.25, 0.3) is 11.5 Å². The lowest BCUT2D eigenvalue weighted by Crippen LogP contribution is -2.26. The number of aromatic amines is 1. The van der Waals surface area contributed by atoms with E-state index in [1.165, 1.54) is 0 Å². The molecule has 0 aromatic carbocycles. The summed E-state index contributed by atoms with van der Waals surface area (Å²) in [6.45, 7) is 5.17. The summed E-state index contributed by atoms with van der Waals surface area (Å²) in [6, 6.07) is 0. The van der Waals surface area contributed by atoms with E-state index < -0.39 is 0 Å². The predicted octanol–water partition coefficient (Wildman–Crippen LogP) is 0.499. The zero-order chi connectivity index (χ0) is 11.9. The van der Waals surface area contributed by atoms with Crippen LogP contribution in [0.25, 0.3) is 0 Å². The van der Waals surface area contributed by atoms with E-state index in [1.54, 1.807) is 20.8 Å². The lowest BCUT2D eigenvalue weighted by molar-refractivity contribution is -0.117. The van der Waals surface area contributed by atoms with E-state index in [0.717, 1.165) is 5.01 Å². The Morgan fingerprint density at radius 2 is 1.94 bits per heavy atom. The Balaban J connectivity index is 2.50. The van der Waals surface area contributed by atoms with Crippen LogP contribution in [0.1, 0.15) is 24.6 Å². The molecule has 1 amide bonds. The fourth-order valence-corrected chi connectivity index (χ4v) is 1.45. The van der Waals surface area contributed by atoms with Crippen molar-refractivity contribution in [2.75, 3.05) is 5.01 Å². The molecule has 1 aromatic heterocycles. The average Bonchev–Trinajstić information content (AvgIpc) is 2.53. The molecule has 1 aromatic rings. The molecule has 0 saturated heterocycles. The number of aryl methyl sites for hydroxylation is 1. The van der Waals surface area contributed by atoms with Crippen molar-refractivity contribution in [2.45, 2.75) is 27.2 Å². The van der Waals surface area contributed by atoms with Gasteiger partial charge in [-0.2, -0.15) is 10.1 Å². The van der Waals surface area contributed by atoms with Crippen molar-refractivity contribution < 1.29 is 4.79 Å². The third kappa shape index (κ3) is 1.62. The van der Waals surface area contributed by atoms with Gasteiger partial charge in [0.15, 0.2) is 0 Å². The number of rotatable bonds is 1. The van der Waals surface area contributed by atoms with Crippen molar-refractivity contribution in [1.29, 1.82) is 0 Å². The molecule has 0 radical (unpaired) electrons. The molecule has 1 aliphatic heterocycles. The van der Waals surface area contributed by atoms with Crippen molar-refractivity contribution >= 4 is 17.6 Å². The maximum Gasteiger partial charge on any atom is 0.255 e. The van der Waals surface area contributed by atoms with Crippen molar-refractivity contribution in [3.63, 3.8) is 0 Å². The van der Waals surface area contributed by atoms with Crippen LogP contribution >= 0.6 is 0 Å². The smallest absolute Gasteiger partial charge is 0.255 e. The molecule has 2 heterocycles. The van der Waals surface area contributed by atoms with Crippen LogP contribution in [0.3, 0.4) is 0 Å². The summed E-state index contributed by atoms with van der Waals surface area (Å²) in [5, 5.41) is 5.16. The van der Waals surface area contributed by atoms with E-state index in [9.17, 15) is 9.59 Å². The molecule has 6 nitrogen and oxygen atoms in total. The number of carbonyl (C=O) groups excluding carboxylic acids is 1. The normalized spacial score (nSPS) is 15.6. The quantitative estimate of drug-likeness (QED) is 0.748. The van der Waals surface area contributed by atoms with Crippen LogP contribution in [0, 0.1) is 13.8 Å². The highest BCUT2D eigenvalue weighted by Crippen LogP contribution is 2.15. The van der Waals surface area contributed by atoms with Crippen molar-refractivity contribution in [1.82, 2.24) is 9.97 Å². The van der Waals surface area contributed by atoms with Crippen molar-refractivity contribution in [2.24, 2.45) is 5.10 Å². The van der Waals surface area contributed by atoms with Crippen LogP contribution in [0.4, 0.5) is 5.95 Å². The first kappa shape index (κ1) is 10.5. The number of hydrogen-bond donors (Lipinski definition) is 1. The summed E-state index contributed by atoms with van der Waals surface area (Å²) in [5.74, 6) is 0.0128. The highest BCUT2D eigenvalue weighted by atomic mass is 16.2. The number of nitrogens with one attached hydrogen (secondary N) is 1. The molecule has 0 fully saturated rings. The highest BCUT2D eigenvalue weighted by Gasteiger charge is 2.25. The number of anilines is 1. The highest BCUT2D eigenvalue weighted by molar-refractivity contribution is 6.11. The maximum absolute atomic E-state index is 11.5. The van der Waals surface area contributed by atoms with E-state index in [-0.39, 0.29) is 23.8 Å². The second-order valence-corrected chi connectivity index (χ2v) is 3.82. The Kier molecular flexibility index (Phi) is 2.34. The van der Waals surface area contributed by atoms with Gasteiger partial charge in [-0.05, 0) is 20.8 Å². The van der Waals surface area contributed by atoms with E-state index in [4.69, 9.17) is 0 Å². The van der Waals surface area contributed by atoms with Gasteiger partial charge in [-0.25, -0.2) is 4.98 Å². The van der Waals surface area contributed by atoms with Gasteiger partial charge < -0.3 is 0 Å². The molecule has 1 aliphatic rings. The molecule has 0 unspecified atom stereocenters. The minimum Gasteiger partial charge on any atom is -0.290 e. The third-order valence-corrected chi connectivity index (χ3v) is 2.50. The monoisotopic (exact) mass is 220 g/mol. The topological polar surface area (TPSA) is 78.4 Å². The number of carbonyl (C=O) groups is 1. The van der Waals surface area contributed by atoms with Crippen LogP contribution in [-0.4, -0.2) is 21.6 Å². The second kappa shape index (κ2) is 3.55. The van der Waals surface area contributed by atoms with Gasteiger partial charge in [-0.15, -0.1) is 0 Å². The molecule has 0 saturated carbocycles. The molecule has 84 valence electrons. The van der Waals surface area contributed by atoms with E-state index in [2.05, 4.69) is 15.1 Å². The number of amides is 1. The minimum atomic E-state index is -0.241. The first-order valence-electron chi connectivity index (χ1n) is 4.93. The summed E-state index contributed by atoms with van der Waals surface area (Å²) < 4.78 is 0. The van der Waals surface area contributed by atoms with Gasteiger partial charge in [0, 0.05) is 17.0 Å². The number of hydrazone groups is 1. The van der Waals surface area contributed by atoms with Gasteiger partial charge in [0.2, 0.25) is 5.95 Å². The minimum absolute atomic E-state index is 0.177. The summed E-state index contributed by atoms with van der Waals surface area (Å²) in [6.07, 6.45) is 0.274. The van der Waals surface area contributed by atoms with E-state index in [0.29, 0.717) is 17.0 Å². The lowest BCUT2D eigenvalue weighted by atomic mass is 10.3. The van der Waals surface area contributed by atoms with E-state index >= 15 is 0 Å². The van der Waals surface area contributed by atoms with Crippen LogP contribution in [0.2, 0.25) is 0 Å². The maximum atomic E-state index is 11.5. The van der Waals surface area contributed by atoms with Gasteiger partial charge in [-0.1, -0.05) is 0 Å². The molecule has 2 rings (SSSR count). The molecule has 0 atom stereocenters. The third-order valence-electron chi connectivity index (χ3n) is 2.50. The van der Waals surface area contributed by atoms with Crippen LogP contribution < -0.4 is 10.6 Å². The second-order valence-electron chi connectivity index (χ2n) is 3.82. The SMILES string of the molecule is CC1=NN(c2nc(C)c(C)c(=O)[nH]2)C(=O)C1. The molecule has 0 spiro atoms. The largest absolute Gasteiger partial charge is 0.290 e. The van der Waals surface area contributed by atoms with Crippen LogP contribution in [0.5, 0.6) is 0 Å². The van der Waals surface area contributed by atoms with Crippen LogP contribution in [-0.2, 0) is 4.79 Å². The Hall–Kier alpha value is -1.98. The fraction of sp³-hybridized carbons (Fsp3) is 0.400. The number of aromatic nitrogens is 2.